The number of fused-ring (bicyclic) bond motifs is 3. The average Bonchev–Trinajstić information content (AvgIpc) is 3.12. The van der Waals surface area contributed by atoms with Crippen molar-refractivity contribution in [1.82, 2.24) is 19.7 Å². The highest BCUT2D eigenvalue weighted by Crippen LogP contribution is 2.37. The summed E-state index contributed by atoms with van der Waals surface area (Å²) >= 11 is 5.08. The van der Waals surface area contributed by atoms with Gasteiger partial charge in [0.2, 0.25) is 4.77 Å². The highest BCUT2D eigenvalue weighted by atomic mass is 32.1. The van der Waals surface area contributed by atoms with Gasteiger partial charge in [0.25, 0.3) is 0 Å². The molecule has 1 aromatic carbocycles. The van der Waals surface area contributed by atoms with E-state index in [1.165, 1.54) is 27.7 Å². The molecule has 5 heteroatoms. The summed E-state index contributed by atoms with van der Waals surface area (Å²) in [6.07, 6.45) is 3.25. The molecule has 0 aliphatic heterocycles. The van der Waals surface area contributed by atoms with E-state index in [0.717, 1.165) is 25.1 Å². The van der Waals surface area contributed by atoms with Gasteiger partial charge in [0.1, 0.15) is 5.82 Å². The van der Waals surface area contributed by atoms with E-state index < -0.39 is 0 Å². The molecule has 0 spiro atoms. The van der Waals surface area contributed by atoms with Gasteiger partial charge in [-0.1, -0.05) is 25.5 Å². The van der Waals surface area contributed by atoms with Gasteiger partial charge in [-0.2, -0.15) is 0 Å². The largest absolute Gasteiger partial charge is 0.347 e. The average molecular weight is 328 g/mol. The zero-order valence-corrected chi connectivity index (χ0v) is 15.0. The number of aryl methyl sites for hydroxylation is 2. The van der Waals surface area contributed by atoms with Crippen LogP contribution in [0, 0.1) is 11.7 Å². The van der Waals surface area contributed by atoms with Crippen molar-refractivity contribution in [2.45, 2.75) is 46.0 Å². The van der Waals surface area contributed by atoms with Crippen molar-refractivity contribution in [1.29, 1.82) is 0 Å². The van der Waals surface area contributed by atoms with Gasteiger partial charge in [0, 0.05) is 29.6 Å². The molecule has 0 radical (unpaired) electrons. The summed E-state index contributed by atoms with van der Waals surface area (Å²) in [5, 5.41) is 7.43. The number of hydrogen-bond donors (Lipinski definition) is 2. The quantitative estimate of drug-likeness (QED) is 0.643. The van der Waals surface area contributed by atoms with Gasteiger partial charge in [-0.15, -0.1) is 0 Å². The lowest BCUT2D eigenvalue weighted by Gasteiger charge is -2.21. The Balaban J connectivity index is 0.000000753. The molecule has 2 heterocycles. The Morgan fingerprint density at radius 1 is 1.26 bits per heavy atom. The Labute approximate surface area is 141 Å². The lowest BCUT2D eigenvalue weighted by Crippen LogP contribution is -2.15. The number of aromatic nitrogens is 4. The maximum atomic E-state index is 5.08. The predicted molar refractivity (Wildman–Crippen MR) is 97.5 cm³/mol. The summed E-state index contributed by atoms with van der Waals surface area (Å²) in [5.41, 5.74) is 5.61. The maximum Gasteiger partial charge on any atom is 0.213 e. The van der Waals surface area contributed by atoms with E-state index in [1.807, 2.05) is 13.8 Å². The van der Waals surface area contributed by atoms with E-state index in [-0.39, 0.29) is 0 Å². The molecule has 0 saturated carbocycles. The molecule has 0 fully saturated rings. The van der Waals surface area contributed by atoms with Crippen LogP contribution in [-0.4, -0.2) is 19.7 Å². The molecule has 2 N–H and O–H groups in total. The summed E-state index contributed by atoms with van der Waals surface area (Å²) in [6, 6.07) is 6.74. The minimum absolute atomic E-state index is 0.427. The Hall–Kier alpha value is -1.88. The Kier molecular flexibility index (Phi) is 4.39. The molecule has 122 valence electrons. The van der Waals surface area contributed by atoms with Crippen LogP contribution in [0.5, 0.6) is 0 Å². The first-order valence-corrected chi connectivity index (χ1v) is 8.75. The fourth-order valence-corrected chi connectivity index (χ4v) is 3.75. The van der Waals surface area contributed by atoms with E-state index in [4.69, 9.17) is 12.2 Å². The summed E-state index contributed by atoms with van der Waals surface area (Å²) < 4.78 is 2.90. The van der Waals surface area contributed by atoms with Crippen molar-refractivity contribution >= 4 is 23.1 Å². The molecule has 1 atom stereocenters. The Morgan fingerprint density at radius 2 is 2.04 bits per heavy atom. The van der Waals surface area contributed by atoms with E-state index in [2.05, 4.69) is 51.9 Å². The van der Waals surface area contributed by atoms with E-state index in [9.17, 15) is 0 Å². The number of benzene rings is 1. The van der Waals surface area contributed by atoms with Gasteiger partial charge in [0.05, 0.1) is 0 Å². The zero-order chi connectivity index (χ0) is 16.6. The molecule has 0 saturated heterocycles. The second-order valence-corrected chi connectivity index (χ2v) is 6.38. The lowest BCUT2D eigenvalue weighted by atomic mass is 9.85. The van der Waals surface area contributed by atoms with Crippen molar-refractivity contribution in [2.75, 3.05) is 0 Å². The second-order valence-electron chi connectivity index (χ2n) is 6.00. The first kappa shape index (κ1) is 16.0. The molecular formula is C18H24N4S. The standard InChI is InChI=1S/C16H18N4S.C2H6/c1-9-3-5-13-11(7-9)12-8-10(4-6-14(12)20(13)2)15-17-16(21)19-18-15;1-2/h3,5,7,10H,4,6,8H2,1-2H3,(H2,17,18,19,21);1-2H3. The Morgan fingerprint density at radius 3 is 2.74 bits per heavy atom. The highest BCUT2D eigenvalue weighted by molar-refractivity contribution is 7.71. The monoisotopic (exact) mass is 328 g/mol. The fourth-order valence-electron chi connectivity index (χ4n) is 3.60. The van der Waals surface area contributed by atoms with Crippen LogP contribution in [0.25, 0.3) is 10.9 Å². The van der Waals surface area contributed by atoms with Gasteiger partial charge in [-0.05, 0) is 56.1 Å². The van der Waals surface area contributed by atoms with Crippen LogP contribution >= 0.6 is 12.2 Å². The number of hydrogen-bond acceptors (Lipinski definition) is 2. The molecule has 2 aromatic heterocycles. The molecule has 23 heavy (non-hydrogen) atoms. The molecule has 1 aliphatic rings. The van der Waals surface area contributed by atoms with Gasteiger partial charge in [0.15, 0.2) is 0 Å². The van der Waals surface area contributed by atoms with Crippen molar-refractivity contribution in [3.05, 3.63) is 45.6 Å². The summed E-state index contributed by atoms with van der Waals surface area (Å²) in [5.74, 6) is 1.42. The normalized spacial score (nSPS) is 16.8. The summed E-state index contributed by atoms with van der Waals surface area (Å²) in [4.78, 5) is 4.41. The van der Waals surface area contributed by atoms with Crippen LogP contribution in [0.1, 0.15) is 48.8 Å². The first-order valence-electron chi connectivity index (χ1n) is 8.35. The smallest absolute Gasteiger partial charge is 0.213 e. The number of rotatable bonds is 1. The number of nitrogens with one attached hydrogen (secondary N) is 2. The topological polar surface area (TPSA) is 49.4 Å². The molecular weight excluding hydrogens is 304 g/mol. The molecule has 0 amide bonds. The third kappa shape index (κ3) is 2.74. The van der Waals surface area contributed by atoms with Gasteiger partial charge < -0.3 is 4.57 Å². The van der Waals surface area contributed by atoms with E-state index in [1.54, 1.807) is 0 Å². The zero-order valence-electron chi connectivity index (χ0n) is 14.2. The third-order valence-corrected chi connectivity index (χ3v) is 4.87. The van der Waals surface area contributed by atoms with Gasteiger partial charge in [-0.25, -0.2) is 4.98 Å². The van der Waals surface area contributed by atoms with Crippen LogP contribution in [0.4, 0.5) is 0 Å². The maximum absolute atomic E-state index is 5.08. The minimum Gasteiger partial charge on any atom is -0.347 e. The highest BCUT2D eigenvalue weighted by Gasteiger charge is 2.26. The van der Waals surface area contributed by atoms with Gasteiger partial charge in [-0.3, -0.25) is 10.2 Å². The van der Waals surface area contributed by atoms with Gasteiger partial charge >= 0.3 is 0 Å². The second kappa shape index (κ2) is 6.32. The third-order valence-electron chi connectivity index (χ3n) is 4.68. The molecule has 1 unspecified atom stereocenters. The lowest BCUT2D eigenvalue weighted by molar-refractivity contribution is 0.544. The minimum atomic E-state index is 0.427. The van der Waals surface area contributed by atoms with Crippen molar-refractivity contribution in [2.24, 2.45) is 7.05 Å². The van der Waals surface area contributed by atoms with Crippen molar-refractivity contribution in [3.63, 3.8) is 0 Å². The molecule has 1 aliphatic carbocycles. The Bertz CT molecular complexity index is 884. The van der Waals surface area contributed by atoms with Crippen LogP contribution < -0.4 is 0 Å². The number of aromatic amines is 2. The predicted octanol–water partition coefficient (Wildman–Crippen LogP) is 4.57. The van der Waals surface area contributed by atoms with Crippen molar-refractivity contribution in [3.8, 4) is 0 Å². The SMILES string of the molecule is CC.Cc1ccc2c(c1)c1c(n2C)CCC(c2nc(=S)[nH][nH]2)C1. The number of H-pyrrole nitrogens is 2. The fraction of sp³-hybridized carbons (Fsp3) is 0.444. The molecule has 0 bridgehead atoms. The van der Waals surface area contributed by atoms with Crippen LogP contribution in [-0.2, 0) is 19.9 Å². The van der Waals surface area contributed by atoms with E-state index in [0.29, 0.717) is 10.7 Å². The summed E-state index contributed by atoms with van der Waals surface area (Å²) in [6.45, 7) is 6.16. The molecule has 4 nitrogen and oxygen atoms in total. The summed E-state index contributed by atoms with van der Waals surface area (Å²) in [7, 11) is 2.18. The molecule has 4 rings (SSSR count). The van der Waals surface area contributed by atoms with Crippen LogP contribution in [0.15, 0.2) is 18.2 Å². The number of nitrogens with zero attached hydrogens (tertiary/aromatic N) is 2. The first-order chi connectivity index (χ1) is 11.1. The van der Waals surface area contributed by atoms with Crippen molar-refractivity contribution < 1.29 is 0 Å². The van der Waals surface area contributed by atoms with Crippen LogP contribution in [0.2, 0.25) is 0 Å². The van der Waals surface area contributed by atoms with E-state index >= 15 is 0 Å². The van der Waals surface area contributed by atoms with Crippen LogP contribution in [0.3, 0.4) is 0 Å². The molecule has 3 aromatic rings.